The number of rotatable bonds is 7. The molecule has 0 aliphatic carbocycles. The van der Waals surface area contributed by atoms with Crippen LogP contribution in [0.25, 0.3) is 0 Å². The molecule has 0 rings (SSSR count). The summed E-state index contributed by atoms with van der Waals surface area (Å²) in [6.45, 7) is 1.84. The maximum absolute atomic E-state index is 11.5. The Balaban J connectivity index is 4.44. The van der Waals surface area contributed by atoms with Crippen LogP contribution in [-0.2, 0) is 14.4 Å². The average Bonchev–Trinajstić information content (AvgIpc) is 2.17. The molecule has 0 aromatic rings. The van der Waals surface area contributed by atoms with Crippen LogP contribution < -0.4 is 11.1 Å². The van der Waals surface area contributed by atoms with E-state index >= 15 is 0 Å². The molecule has 5 N–H and O–H groups in total. The molecule has 0 aliphatic rings. The van der Waals surface area contributed by atoms with Crippen molar-refractivity contribution in [3.8, 4) is 0 Å². The first-order valence-corrected chi connectivity index (χ1v) is 4.87. The predicted octanol–water partition coefficient (Wildman–Crippen LogP) is -0.985. The number of hydrogen-bond acceptors (Lipinski definition) is 4. The molecule has 0 saturated heterocycles. The molecule has 1 amide bonds. The minimum absolute atomic E-state index is 0.0990. The number of nitrogens with one attached hydrogen (secondary N) is 1. The molecule has 7 nitrogen and oxygen atoms in total. The zero-order valence-electron chi connectivity index (χ0n) is 8.97. The van der Waals surface area contributed by atoms with Crippen LogP contribution in [-0.4, -0.2) is 40.6 Å². The lowest BCUT2D eigenvalue weighted by molar-refractivity contribution is -0.147. The average molecular weight is 232 g/mol. The molecule has 0 aliphatic heterocycles. The van der Waals surface area contributed by atoms with Gasteiger partial charge < -0.3 is 21.3 Å². The molecule has 92 valence electrons. The minimum Gasteiger partial charge on any atom is -0.481 e. The molecule has 0 heterocycles. The second kappa shape index (κ2) is 6.78. The van der Waals surface area contributed by atoms with Gasteiger partial charge in [-0.15, -0.1) is 0 Å². The van der Waals surface area contributed by atoms with Crippen molar-refractivity contribution >= 4 is 17.8 Å². The van der Waals surface area contributed by atoms with Gasteiger partial charge in [0.2, 0.25) is 5.91 Å². The van der Waals surface area contributed by atoms with E-state index in [9.17, 15) is 14.4 Å². The molecule has 7 heteroatoms. The van der Waals surface area contributed by atoms with Crippen LogP contribution in [0, 0.1) is 5.92 Å². The molecule has 0 aromatic heterocycles. The van der Waals surface area contributed by atoms with Gasteiger partial charge in [0.05, 0.1) is 6.42 Å². The van der Waals surface area contributed by atoms with Crippen molar-refractivity contribution in [2.45, 2.75) is 25.8 Å². The first kappa shape index (κ1) is 14.4. The molecule has 0 aromatic carbocycles. The first-order valence-electron chi connectivity index (χ1n) is 4.87. The molecule has 0 spiro atoms. The molecule has 0 radical (unpaired) electrons. The molecular weight excluding hydrogens is 216 g/mol. The zero-order valence-corrected chi connectivity index (χ0v) is 8.97. The summed E-state index contributed by atoms with van der Waals surface area (Å²) in [7, 11) is 0. The van der Waals surface area contributed by atoms with Gasteiger partial charge in [0, 0.05) is 12.5 Å². The van der Waals surface area contributed by atoms with Gasteiger partial charge in [0.25, 0.3) is 0 Å². The number of hydrogen-bond donors (Lipinski definition) is 4. The Bertz CT molecular complexity index is 275. The van der Waals surface area contributed by atoms with Gasteiger partial charge >= 0.3 is 11.9 Å². The Kier molecular flexibility index (Phi) is 6.09. The third kappa shape index (κ3) is 4.74. The first-order chi connectivity index (χ1) is 7.42. The van der Waals surface area contributed by atoms with Crippen molar-refractivity contribution in [2.75, 3.05) is 6.54 Å². The highest BCUT2D eigenvalue weighted by atomic mass is 16.4. The van der Waals surface area contributed by atoms with Crippen molar-refractivity contribution < 1.29 is 24.6 Å². The van der Waals surface area contributed by atoms with Gasteiger partial charge in [0.1, 0.15) is 6.04 Å². The maximum Gasteiger partial charge on any atom is 0.326 e. The van der Waals surface area contributed by atoms with Crippen molar-refractivity contribution in [2.24, 2.45) is 11.7 Å². The lowest BCUT2D eigenvalue weighted by Gasteiger charge is -2.16. The van der Waals surface area contributed by atoms with Crippen LogP contribution in [0.4, 0.5) is 0 Å². The summed E-state index contributed by atoms with van der Waals surface area (Å²) in [6.07, 6.45) is -0.177. The van der Waals surface area contributed by atoms with Gasteiger partial charge in [-0.3, -0.25) is 9.59 Å². The summed E-state index contributed by atoms with van der Waals surface area (Å²) in [6, 6.07) is -1.41. The van der Waals surface area contributed by atoms with E-state index in [0.717, 1.165) is 0 Å². The number of carboxylic acid groups (broad SMARTS) is 2. The van der Waals surface area contributed by atoms with Gasteiger partial charge in [-0.1, -0.05) is 6.92 Å². The summed E-state index contributed by atoms with van der Waals surface area (Å²) >= 11 is 0. The highest BCUT2D eigenvalue weighted by molar-refractivity contribution is 5.87. The molecular formula is C9H16N2O5. The van der Waals surface area contributed by atoms with Crippen molar-refractivity contribution in [1.29, 1.82) is 0 Å². The molecule has 2 unspecified atom stereocenters. The quantitative estimate of drug-likeness (QED) is 0.446. The standard InChI is InChI=1S/C9H16N2O5/c1-2-5(4-10)8(14)11-6(9(15)16)3-7(12)13/h5-6H,2-4,10H2,1H3,(H,11,14)(H,12,13)(H,15,16). The number of amides is 1. The topological polar surface area (TPSA) is 130 Å². The molecule has 0 fully saturated rings. The number of carboxylic acids is 2. The lowest BCUT2D eigenvalue weighted by atomic mass is 10.1. The predicted molar refractivity (Wildman–Crippen MR) is 54.7 cm³/mol. The van der Waals surface area contributed by atoms with Crippen LogP contribution in [0.5, 0.6) is 0 Å². The Morgan fingerprint density at radius 1 is 1.31 bits per heavy atom. The summed E-state index contributed by atoms with van der Waals surface area (Å²) in [5.74, 6) is -3.68. The summed E-state index contributed by atoms with van der Waals surface area (Å²) in [5.41, 5.74) is 5.31. The van der Waals surface area contributed by atoms with Crippen LogP contribution >= 0.6 is 0 Å². The number of aliphatic carboxylic acids is 2. The normalized spacial score (nSPS) is 13.9. The number of carbonyl (C=O) groups is 3. The second-order valence-electron chi connectivity index (χ2n) is 3.34. The van der Waals surface area contributed by atoms with Gasteiger partial charge in [-0.2, -0.15) is 0 Å². The monoisotopic (exact) mass is 232 g/mol. The molecule has 16 heavy (non-hydrogen) atoms. The SMILES string of the molecule is CCC(CN)C(=O)NC(CC(=O)O)C(=O)O. The van der Waals surface area contributed by atoms with Crippen LogP contribution in [0.1, 0.15) is 19.8 Å². The zero-order chi connectivity index (χ0) is 12.7. The largest absolute Gasteiger partial charge is 0.481 e. The third-order valence-electron chi connectivity index (χ3n) is 2.14. The number of carbonyl (C=O) groups excluding carboxylic acids is 1. The van der Waals surface area contributed by atoms with E-state index in [1.807, 2.05) is 0 Å². The van der Waals surface area contributed by atoms with Crippen molar-refractivity contribution in [1.82, 2.24) is 5.32 Å². The minimum atomic E-state index is -1.41. The van der Waals surface area contributed by atoms with E-state index in [2.05, 4.69) is 5.32 Å². The Morgan fingerprint density at radius 3 is 2.19 bits per heavy atom. The smallest absolute Gasteiger partial charge is 0.326 e. The number of nitrogens with two attached hydrogens (primary N) is 1. The highest BCUT2D eigenvalue weighted by Gasteiger charge is 2.25. The van der Waals surface area contributed by atoms with Gasteiger partial charge in [-0.25, -0.2) is 4.79 Å². The maximum atomic E-state index is 11.5. The summed E-state index contributed by atoms with van der Waals surface area (Å²) in [4.78, 5) is 32.5. The summed E-state index contributed by atoms with van der Waals surface area (Å²) in [5, 5.41) is 19.3. The lowest BCUT2D eigenvalue weighted by Crippen LogP contribution is -2.46. The fraction of sp³-hybridized carbons (Fsp3) is 0.667. The van der Waals surface area contributed by atoms with Gasteiger partial charge in [-0.05, 0) is 6.42 Å². The molecule has 2 atom stereocenters. The third-order valence-corrected chi connectivity index (χ3v) is 2.14. The van der Waals surface area contributed by atoms with Crippen LogP contribution in [0.2, 0.25) is 0 Å². The van der Waals surface area contributed by atoms with E-state index in [1.54, 1.807) is 6.92 Å². The Morgan fingerprint density at radius 2 is 1.88 bits per heavy atom. The van der Waals surface area contributed by atoms with Crippen LogP contribution in [0.3, 0.4) is 0 Å². The second-order valence-corrected chi connectivity index (χ2v) is 3.34. The van der Waals surface area contributed by atoms with E-state index in [4.69, 9.17) is 15.9 Å². The fourth-order valence-electron chi connectivity index (χ4n) is 1.12. The van der Waals surface area contributed by atoms with E-state index in [1.165, 1.54) is 0 Å². The van der Waals surface area contributed by atoms with E-state index in [-0.39, 0.29) is 6.54 Å². The molecule has 0 bridgehead atoms. The van der Waals surface area contributed by atoms with E-state index in [0.29, 0.717) is 6.42 Å². The Labute approximate surface area is 92.6 Å². The fourth-order valence-corrected chi connectivity index (χ4v) is 1.12. The highest BCUT2D eigenvalue weighted by Crippen LogP contribution is 2.02. The Hall–Kier alpha value is -1.63. The van der Waals surface area contributed by atoms with Gasteiger partial charge in [0.15, 0.2) is 0 Å². The van der Waals surface area contributed by atoms with Crippen molar-refractivity contribution in [3.05, 3.63) is 0 Å². The van der Waals surface area contributed by atoms with Crippen LogP contribution in [0.15, 0.2) is 0 Å². The molecule has 0 saturated carbocycles. The van der Waals surface area contributed by atoms with Crippen molar-refractivity contribution in [3.63, 3.8) is 0 Å². The van der Waals surface area contributed by atoms with E-state index < -0.39 is 36.2 Å². The summed E-state index contributed by atoms with van der Waals surface area (Å²) < 4.78 is 0.